The molecule has 2 saturated heterocycles. The van der Waals surface area contributed by atoms with Crippen LogP contribution in [0, 0.1) is 40.9 Å². The van der Waals surface area contributed by atoms with Crippen LogP contribution in [0.4, 0.5) is 0 Å². The molecule has 17 heteroatoms. The summed E-state index contributed by atoms with van der Waals surface area (Å²) in [4.78, 5) is 85.4. The van der Waals surface area contributed by atoms with Crippen LogP contribution in [-0.2, 0) is 57.2 Å². The normalized spacial score (nSPS) is 37.4. The van der Waals surface area contributed by atoms with Gasteiger partial charge in [-0.1, -0.05) is 71.1 Å². The van der Waals surface area contributed by atoms with Gasteiger partial charge in [0.15, 0.2) is 5.78 Å². The van der Waals surface area contributed by atoms with E-state index >= 15 is 0 Å². The largest absolute Gasteiger partial charge is 0.460 e. The molecule has 3 fully saturated rings. The Morgan fingerprint density at radius 2 is 1.56 bits per heavy atom. The average molecular weight is 1030 g/mol. The Balaban J connectivity index is 1.69. The van der Waals surface area contributed by atoms with E-state index in [1.807, 2.05) is 51.2 Å². The van der Waals surface area contributed by atoms with Crippen LogP contribution in [0.25, 0.3) is 0 Å². The first-order valence-electron chi connectivity index (χ1n) is 26.4. The monoisotopic (exact) mass is 1030 g/mol. The zero-order chi connectivity index (χ0) is 54.4. The lowest BCUT2D eigenvalue weighted by atomic mass is 9.78. The Hall–Kier alpha value is -3.94. The lowest BCUT2D eigenvalue weighted by Crippen LogP contribution is -2.61. The molecule has 3 heterocycles. The fourth-order valence-electron chi connectivity index (χ4n) is 10.7. The quantitative estimate of drug-likeness (QED) is 0.116. The van der Waals surface area contributed by atoms with Gasteiger partial charge in [-0.2, -0.15) is 0 Å². The molecule has 15 atom stereocenters. The summed E-state index contributed by atoms with van der Waals surface area (Å²) in [6, 6.07) is -1.20. The van der Waals surface area contributed by atoms with Crippen LogP contribution in [0.3, 0.4) is 0 Å². The number of Topliss-reactive ketones (excluding diaryl/α,β-unsaturated/α-hetero) is 3. The van der Waals surface area contributed by atoms with Crippen LogP contribution >= 0.6 is 0 Å². The number of cyclic esters (lactones) is 1. The summed E-state index contributed by atoms with van der Waals surface area (Å²) in [6.45, 7) is 12.7. The van der Waals surface area contributed by atoms with E-state index in [9.17, 15) is 49.2 Å². The van der Waals surface area contributed by atoms with E-state index in [0.29, 0.717) is 69.8 Å². The van der Waals surface area contributed by atoms with Crippen molar-refractivity contribution in [1.29, 1.82) is 0 Å². The number of rotatable bonds is 10. The predicted octanol–water partition coefficient (Wildman–Crippen LogP) is 5.72. The summed E-state index contributed by atoms with van der Waals surface area (Å²) >= 11 is 0. The summed E-state index contributed by atoms with van der Waals surface area (Å²) in [5.41, 5.74) is -0.277. The fraction of sp³-hybridized carbons (Fsp3) is 0.750. The third kappa shape index (κ3) is 16.0. The van der Waals surface area contributed by atoms with E-state index in [2.05, 4.69) is 0 Å². The van der Waals surface area contributed by atoms with Crippen LogP contribution in [-0.4, -0.2) is 156 Å². The Labute approximate surface area is 433 Å². The maximum atomic E-state index is 14.5. The number of amides is 1. The number of ketones is 3. The molecule has 4 aliphatic rings. The number of carbonyl (C=O) groups excluding carboxylic acids is 6. The number of aliphatic hydroxyl groups is 4. The summed E-state index contributed by atoms with van der Waals surface area (Å²) in [7, 11) is 4.43. The van der Waals surface area contributed by atoms with Gasteiger partial charge in [0.2, 0.25) is 5.79 Å². The molecule has 412 valence electrons. The van der Waals surface area contributed by atoms with Crippen molar-refractivity contribution >= 4 is 35.2 Å². The van der Waals surface area contributed by atoms with Crippen LogP contribution in [0.1, 0.15) is 132 Å². The molecule has 1 aliphatic carbocycles. The van der Waals surface area contributed by atoms with Crippen molar-refractivity contribution in [3.63, 3.8) is 0 Å². The number of nitrogens with zero attached hydrogens (tertiary/aromatic N) is 1. The highest BCUT2D eigenvalue weighted by Crippen LogP contribution is 2.38. The van der Waals surface area contributed by atoms with Crippen molar-refractivity contribution in [3.05, 3.63) is 47.6 Å². The summed E-state index contributed by atoms with van der Waals surface area (Å²) in [6.07, 6.45) is 9.76. The van der Waals surface area contributed by atoms with E-state index in [1.54, 1.807) is 40.9 Å². The molecule has 0 aromatic carbocycles. The third-order valence-corrected chi connectivity index (χ3v) is 15.9. The van der Waals surface area contributed by atoms with Gasteiger partial charge in [-0.25, -0.2) is 4.79 Å². The van der Waals surface area contributed by atoms with E-state index in [-0.39, 0.29) is 42.8 Å². The van der Waals surface area contributed by atoms with E-state index in [1.165, 1.54) is 21.1 Å². The van der Waals surface area contributed by atoms with Crippen LogP contribution in [0.5, 0.6) is 0 Å². The molecule has 73 heavy (non-hydrogen) atoms. The molecule has 1 saturated carbocycles. The number of allylic oxidation sites excluding steroid dienone is 6. The SMILES string of the molecule is COC1CC2CCC(C)C(O)(O2)C(=O)C(=O)N2CCCCC2C(=O)OC(C(C)CC2CCC(OC(=O)C(C)(CO)CO)C(OC)C2)CC(=O)C(C)/C=C(/C)C(O)C(OC)C(=O)C(C)CC(C)/C=C/C=C/C=C/1C. The van der Waals surface area contributed by atoms with Gasteiger partial charge in [0.1, 0.15) is 41.7 Å². The molecule has 0 aromatic rings. The van der Waals surface area contributed by atoms with Crippen molar-refractivity contribution in [2.24, 2.45) is 40.9 Å². The number of hydrogen-bond acceptors (Lipinski definition) is 16. The van der Waals surface area contributed by atoms with Gasteiger partial charge in [-0.3, -0.25) is 24.0 Å². The second-order valence-corrected chi connectivity index (χ2v) is 21.8. The molecule has 0 radical (unpaired) electrons. The van der Waals surface area contributed by atoms with Gasteiger partial charge >= 0.3 is 11.9 Å². The number of methoxy groups -OCH3 is 3. The number of fused-ring (bicyclic) bond motifs is 3. The standard InChI is InChI=1S/C56H87NO16/c1-33-17-13-12-14-18-34(2)45(68-9)29-41-22-20-39(7)56(67,73-41)51(63)52(64)57-24-16-15-19-42(57)53(65)71-46(30-43(60)35(3)26-38(6)49(62)50(70-11)48(61)37(5)25-33)36(4)27-40-21-23-44(47(28-40)69-10)72-54(66)55(8,31-58)32-59/h12-14,17-18,26,33,35-37,39-42,44-47,49-50,58-59,62,67H,15-16,19-25,27-32H2,1-11H3/b14-12+,17-13+,34-18+,38-26-. The first-order chi connectivity index (χ1) is 34.5. The molecule has 15 unspecified atom stereocenters. The number of piperidine rings is 1. The van der Waals surface area contributed by atoms with Crippen LogP contribution in [0.15, 0.2) is 47.6 Å². The average Bonchev–Trinajstić information content (AvgIpc) is 3.37. The number of hydrogen-bond donors (Lipinski definition) is 4. The van der Waals surface area contributed by atoms with Gasteiger partial charge in [0.05, 0.1) is 31.5 Å². The molecule has 0 spiro atoms. The molecule has 0 aromatic heterocycles. The number of ether oxygens (including phenoxy) is 6. The molecule has 4 rings (SSSR count). The highest BCUT2D eigenvalue weighted by Gasteiger charge is 2.53. The van der Waals surface area contributed by atoms with E-state index in [0.717, 1.165) is 10.5 Å². The molecular formula is C56H87NO16. The lowest BCUT2D eigenvalue weighted by molar-refractivity contribution is -0.265. The van der Waals surface area contributed by atoms with Crippen LogP contribution < -0.4 is 0 Å². The van der Waals surface area contributed by atoms with Crippen molar-refractivity contribution in [3.8, 4) is 0 Å². The maximum absolute atomic E-state index is 14.5. The second kappa shape index (κ2) is 28.3. The van der Waals surface area contributed by atoms with Crippen LogP contribution in [0.2, 0.25) is 0 Å². The summed E-state index contributed by atoms with van der Waals surface area (Å²) in [5.74, 6) is -9.36. The van der Waals surface area contributed by atoms with Gasteiger partial charge in [0.25, 0.3) is 11.7 Å². The molecular weight excluding hydrogens is 943 g/mol. The maximum Gasteiger partial charge on any atom is 0.329 e. The molecule has 3 aliphatic heterocycles. The number of carbonyl (C=O) groups is 6. The van der Waals surface area contributed by atoms with Gasteiger partial charge in [-0.15, -0.1) is 0 Å². The van der Waals surface area contributed by atoms with E-state index < -0.39 is 120 Å². The topological polar surface area (TPSA) is 242 Å². The molecule has 2 bridgehead atoms. The highest BCUT2D eigenvalue weighted by molar-refractivity contribution is 6.39. The fourth-order valence-corrected chi connectivity index (χ4v) is 10.7. The van der Waals surface area contributed by atoms with Crippen molar-refractivity contribution in [1.82, 2.24) is 4.90 Å². The lowest BCUT2D eigenvalue weighted by Gasteiger charge is -2.42. The minimum absolute atomic E-state index is 0.00697. The summed E-state index contributed by atoms with van der Waals surface area (Å²) in [5, 5.41) is 43.1. The van der Waals surface area contributed by atoms with Crippen molar-refractivity contribution in [2.45, 2.75) is 187 Å². The minimum Gasteiger partial charge on any atom is -0.460 e. The molecule has 1 amide bonds. The third-order valence-electron chi connectivity index (χ3n) is 15.9. The Kier molecular flexibility index (Phi) is 23.9. The van der Waals surface area contributed by atoms with Crippen molar-refractivity contribution < 1.29 is 77.6 Å². The molecule has 4 N–H and O–H groups in total. The second-order valence-electron chi connectivity index (χ2n) is 21.8. The Bertz CT molecular complexity index is 2010. The Morgan fingerprint density at radius 1 is 0.863 bits per heavy atom. The minimum atomic E-state index is -2.47. The zero-order valence-electron chi connectivity index (χ0n) is 45.3. The van der Waals surface area contributed by atoms with Gasteiger partial charge < -0.3 is 53.7 Å². The first-order valence-corrected chi connectivity index (χ1v) is 26.4. The number of esters is 2. The first kappa shape index (κ1) is 61.6. The number of aliphatic hydroxyl groups excluding tert-OH is 3. The Morgan fingerprint density at radius 3 is 2.21 bits per heavy atom. The summed E-state index contributed by atoms with van der Waals surface area (Å²) < 4.78 is 35.4. The smallest absolute Gasteiger partial charge is 0.329 e. The highest BCUT2D eigenvalue weighted by atomic mass is 16.6. The van der Waals surface area contributed by atoms with Gasteiger partial charge in [0, 0.05) is 58.5 Å². The zero-order valence-corrected chi connectivity index (χ0v) is 45.3. The van der Waals surface area contributed by atoms with Gasteiger partial charge in [-0.05, 0) is 114 Å². The van der Waals surface area contributed by atoms with E-state index in [4.69, 9.17) is 28.4 Å². The van der Waals surface area contributed by atoms with Crippen molar-refractivity contribution in [2.75, 3.05) is 41.1 Å². The molecule has 17 nitrogen and oxygen atoms in total. The predicted molar refractivity (Wildman–Crippen MR) is 271 cm³/mol.